The smallest absolute Gasteiger partial charge is 0.306 e. The highest BCUT2D eigenvalue weighted by atomic mass is 16.7. The second-order valence-electron chi connectivity index (χ2n) is 17.7. The quantitative estimate of drug-likeness (QED) is 0.0195. The maximum Gasteiger partial charge on any atom is 0.306 e. The molecule has 0 aliphatic heterocycles. The third-order valence-electron chi connectivity index (χ3n) is 10.4. The zero-order valence-electron chi connectivity index (χ0n) is 41.4. The Kier molecular flexibility index (Phi) is 43.5. The summed E-state index contributed by atoms with van der Waals surface area (Å²) in [5, 5.41) is 11.7. The maximum absolute atomic E-state index is 12.8. The van der Waals surface area contributed by atoms with Crippen molar-refractivity contribution in [1.29, 1.82) is 0 Å². The van der Waals surface area contributed by atoms with Crippen molar-refractivity contribution in [2.75, 3.05) is 47.5 Å². The first-order valence-corrected chi connectivity index (χ1v) is 25.2. The van der Waals surface area contributed by atoms with Crippen LogP contribution in [0.3, 0.4) is 0 Å². The summed E-state index contributed by atoms with van der Waals surface area (Å²) in [6, 6.07) is 0. The molecular formula is C55H93NO8. The lowest BCUT2D eigenvalue weighted by molar-refractivity contribution is -0.870. The number of carboxylic acids is 1. The lowest BCUT2D eigenvalue weighted by atomic mass is 10.1. The van der Waals surface area contributed by atoms with Crippen LogP contribution >= 0.6 is 0 Å². The van der Waals surface area contributed by atoms with Crippen molar-refractivity contribution in [2.45, 2.75) is 200 Å². The topological polar surface area (TPSA) is 111 Å². The molecule has 2 unspecified atom stereocenters. The molecule has 0 fully saturated rings. The standard InChI is InChI=1S/C55H93NO8/c1-6-8-10-12-14-16-18-20-22-24-26-27-28-30-32-34-36-38-40-42-44-46-53(58)64-51(50-63-55(54(59)60)61-48-47-56(3,4)5)49-62-52(57)45-43-41-39-37-35-33-31-29-25-23-21-19-17-15-13-11-9-7-2/h8,10,14,16-17,19-20,22-23,25-27,30,32,51,55H,6-7,9,11-13,15,18,21,24,28-29,31,33-50H2,1-5H3/b10-8-,16-14-,19-17-,22-20-,25-23-,27-26-,32-30-. The SMILES string of the molecule is CC/C=C\C/C=C\C/C=C\C/C=C\C/C=C\CCCCCCCC(=O)OC(COC(=O)CCCCCCCCC/C=C\C/C=C\CCCCCC)COC(OCC[N+](C)(C)C)C(=O)[O-]. The number of carbonyl (C=O) groups is 3. The number of ether oxygens (including phenoxy) is 4. The van der Waals surface area contributed by atoms with Crippen molar-refractivity contribution >= 4 is 17.9 Å². The molecular weight excluding hydrogens is 803 g/mol. The number of rotatable bonds is 45. The molecule has 0 saturated heterocycles. The Bertz CT molecular complexity index is 1320. The molecule has 0 saturated carbocycles. The molecule has 0 aliphatic rings. The van der Waals surface area contributed by atoms with E-state index in [1.807, 2.05) is 21.1 Å². The van der Waals surface area contributed by atoms with Gasteiger partial charge in [-0.3, -0.25) is 9.59 Å². The number of quaternary nitrogens is 1. The van der Waals surface area contributed by atoms with Crippen LogP contribution in [0.5, 0.6) is 0 Å². The molecule has 0 aromatic heterocycles. The van der Waals surface area contributed by atoms with E-state index in [2.05, 4.69) is 98.9 Å². The number of carbonyl (C=O) groups excluding carboxylic acids is 3. The number of likely N-dealkylation sites (N-methyl/N-ethyl adjacent to an activating group) is 1. The molecule has 366 valence electrons. The van der Waals surface area contributed by atoms with Gasteiger partial charge in [-0.25, -0.2) is 0 Å². The Morgan fingerprint density at radius 1 is 0.484 bits per heavy atom. The maximum atomic E-state index is 12.8. The molecule has 0 aromatic rings. The highest BCUT2D eigenvalue weighted by Crippen LogP contribution is 2.13. The Hall–Kier alpha value is -3.53. The minimum atomic E-state index is -1.63. The van der Waals surface area contributed by atoms with Crippen molar-refractivity contribution in [2.24, 2.45) is 0 Å². The first-order valence-electron chi connectivity index (χ1n) is 25.2. The summed E-state index contributed by atoms with van der Waals surface area (Å²) in [5.41, 5.74) is 0. The fraction of sp³-hybridized carbons (Fsp3) is 0.691. The molecule has 0 rings (SSSR count). The van der Waals surface area contributed by atoms with Gasteiger partial charge >= 0.3 is 11.9 Å². The fourth-order valence-electron chi connectivity index (χ4n) is 6.47. The third-order valence-corrected chi connectivity index (χ3v) is 10.4. The summed E-state index contributed by atoms with van der Waals surface area (Å²) in [6.45, 7) is 4.57. The lowest BCUT2D eigenvalue weighted by Gasteiger charge is -2.26. The summed E-state index contributed by atoms with van der Waals surface area (Å²) < 4.78 is 22.6. The molecule has 0 N–H and O–H groups in total. The van der Waals surface area contributed by atoms with Gasteiger partial charge in [0.05, 0.1) is 40.3 Å². The van der Waals surface area contributed by atoms with Gasteiger partial charge in [-0.05, 0) is 89.9 Å². The van der Waals surface area contributed by atoms with Gasteiger partial charge in [-0.2, -0.15) is 0 Å². The van der Waals surface area contributed by atoms with E-state index in [9.17, 15) is 19.5 Å². The lowest BCUT2D eigenvalue weighted by Crippen LogP contribution is -2.44. The second kappa shape index (κ2) is 46.0. The highest BCUT2D eigenvalue weighted by molar-refractivity contribution is 5.70. The number of esters is 2. The average Bonchev–Trinajstić information content (AvgIpc) is 3.26. The minimum Gasteiger partial charge on any atom is -0.545 e. The number of carboxylic acid groups (broad SMARTS) is 1. The number of hydrogen-bond acceptors (Lipinski definition) is 8. The molecule has 2 atom stereocenters. The number of hydrogen-bond donors (Lipinski definition) is 0. The van der Waals surface area contributed by atoms with E-state index in [4.69, 9.17) is 18.9 Å². The van der Waals surface area contributed by atoms with Crippen LogP contribution in [0.25, 0.3) is 0 Å². The first kappa shape index (κ1) is 60.5. The normalized spacial score (nSPS) is 13.6. The summed E-state index contributed by atoms with van der Waals surface area (Å²) in [6.07, 6.45) is 56.1. The van der Waals surface area contributed by atoms with Gasteiger partial charge in [0, 0.05) is 12.8 Å². The monoisotopic (exact) mass is 896 g/mol. The molecule has 9 nitrogen and oxygen atoms in total. The van der Waals surface area contributed by atoms with E-state index in [1.165, 1.54) is 51.4 Å². The van der Waals surface area contributed by atoms with E-state index in [1.54, 1.807) is 0 Å². The van der Waals surface area contributed by atoms with Crippen LogP contribution in [0.2, 0.25) is 0 Å². The van der Waals surface area contributed by atoms with Crippen LogP contribution in [0.1, 0.15) is 187 Å². The van der Waals surface area contributed by atoms with Gasteiger partial charge in [0.15, 0.2) is 12.4 Å². The van der Waals surface area contributed by atoms with Gasteiger partial charge in [0.2, 0.25) is 0 Å². The Labute approximate surface area is 391 Å². The van der Waals surface area contributed by atoms with Gasteiger partial charge in [-0.1, -0.05) is 170 Å². The summed E-state index contributed by atoms with van der Waals surface area (Å²) in [4.78, 5) is 37.1. The summed E-state index contributed by atoms with van der Waals surface area (Å²) in [7, 11) is 5.90. The molecule has 9 heteroatoms. The second-order valence-corrected chi connectivity index (χ2v) is 17.7. The van der Waals surface area contributed by atoms with Crippen molar-refractivity contribution in [3.8, 4) is 0 Å². The largest absolute Gasteiger partial charge is 0.545 e. The molecule has 0 bridgehead atoms. The zero-order chi connectivity index (χ0) is 47.0. The number of nitrogens with zero attached hydrogens (tertiary/aromatic N) is 1. The molecule has 0 amide bonds. The van der Waals surface area contributed by atoms with E-state index in [0.717, 1.165) is 103 Å². The number of unbranched alkanes of at least 4 members (excludes halogenated alkanes) is 16. The molecule has 0 aliphatic carbocycles. The number of aliphatic carboxylic acids is 1. The van der Waals surface area contributed by atoms with E-state index >= 15 is 0 Å². The highest BCUT2D eigenvalue weighted by Gasteiger charge is 2.21. The number of allylic oxidation sites excluding steroid dienone is 14. The van der Waals surface area contributed by atoms with E-state index < -0.39 is 24.3 Å². The van der Waals surface area contributed by atoms with Crippen molar-refractivity contribution in [1.82, 2.24) is 0 Å². The van der Waals surface area contributed by atoms with Crippen molar-refractivity contribution < 1.29 is 42.9 Å². The van der Waals surface area contributed by atoms with Crippen LogP contribution in [0.4, 0.5) is 0 Å². The van der Waals surface area contributed by atoms with Crippen LogP contribution in [-0.2, 0) is 33.3 Å². The summed E-state index contributed by atoms with van der Waals surface area (Å²) in [5.74, 6) is -2.33. The van der Waals surface area contributed by atoms with Crippen molar-refractivity contribution in [3.05, 3.63) is 85.1 Å². The Morgan fingerprint density at radius 2 is 0.891 bits per heavy atom. The van der Waals surface area contributed by atoms with Crippen molar-refractivity contribution in [3.63, 3.8) is 0 Å². The van der Waals surface area contributed by atoms with Crippen LogP contribution in [0.15, 0.2) is 85.1 Å². The molecule has 64 heavy (non-hydrogen) atoms. The van der Waals surface area contributed by atoms with E-state index in [0.29, 0.717) is 17.4 Å². The molecule has 0 heterocycles. The fourth-order valence-corrected chi connectivity index (χ4v) is 6.47. The molecule has 0 radical (unpaired) electrons. The first-order chi connectivity index (χ1) is 31.1. The minimum absolute atomic E-state index is 0.138. The zero-order valence-corrected chi connectivity index (χ0v) is 41.4. The van der Waals surface area contributed by atoms with Crippen LogP contribution in [0, 0.1) is 0 Å². The van der Waals surface area contributed by atoms with Gasteiger partial charge in [-0.15, -0.1) is 0 Å². The molecule has 0 spiro atoms. The van der Waals surface area contributed by atoms with E-state index in [-0.39, 0.29) is 38.6 Å². The predicted octanol–water partition coefficient (Wildman–Crippen LogP) is 12.7. The van der Waals surface area contributed by atoms with Gasteiger partial charge in [0.1, 0.15) is 13.2 Å². The Balaban J connectivity index is 4.44. The third kappa shape index (κ3) is 46.5. The Morgan fingerprint density at radius 3 is 1.33 bits per heavy atom. The molecule has 0 aromatic carbocycles. The predicted molar refractivity (Wildman–Crippen MR) is 264 cm³/mol. The summed E-state index contributed by atoms with van der Waals surface area (Å²) >= 11 is 0. The van der Waals surface area contributed by atoms with Gasteiger partial charge in [0.25, 0.3) is 0 Å². The van der Waals surface area contributed by atoms with Gasteiger partial charge < -0.3 is 33.3 Å². The average molecular weight is 896 g/mol. The van der Waals surface area contributed by atoms with Crippen LogP contribution < -0.4 is 5.11 Å². The van der Waals surface area contributed by atoms with Crippen LogP contribution in [-0.4, -0.2) is 82.3 Å².